The van der Waals surface area contributed by atoms with E-state index in [0.717, 1.165) is 19.5 Å². The quantitative estimate of drug-likeness (QED) is 0.763. The smallest absolute Gasteiger partial charge is 0.234 e. The molecule has 0 aliphatic heterocycles. The number of ketones is 1. The normalized spacial score (nSPS) is 12.5. The zero-order chi connectivity index (χ0) is 16.5. The fourth-order valence-corrected chi connectivity index (χ4v) is 2.53. The maximum Gasteiger partial charge on any atom is 0.234 e. The summed E-state index contributed by atoms with van der Waals surface area (Å²) in [6.07, 6.45) is 0.987. The van der Waals surface area contributed by atoms with Crippen molar-refractivity contribution in [1.82, 2.24) is 10.2 Å². The molecule has 0 bridgehead atoms. The van der Waals surface area contributed by atoms with Crippen LogP contribution in [0.15, 0.2) is 30.3 Å². The highest BCUT2D eigenvalue weighted by atomic mass is 16.2. The number of carbonyl (C=O) groups is 2. The Bertz CT molecular complexity index is 471. The van der Waals surface area contributed by atoms with Gasteiger partial charge in [-0.3, -0.25) is 14.5 Å². The van der Waals surface area contributed by atoms with Crippen LogP contribution in [0.2, 0.25) is 0 Å². The summed E-state index contributed by atoms with van der Waals surface area (Å²) in [5, 5.41) is 2.86. The van der Waals surface area contributed by atoms with E-state index in [0.29, 0.717) is 6.54 Å². The van der Waals surface area contributed by atoms with Crippen LogP contribution in [0.25, 0.3) is 0 Å². The lowest BCUT2D eigenvalue weighted by Crippen LogP contribution is -2.47. The number of nitrogens with zero attached hydrogens (tertiary/aromatic N) is 1. The molecule has 1 rings (SSSR count). The van der Waals surface area contributed by atoms with Crippen LogP contribution in [0.5, 0.6) is 0 Å². The molecule has 0 radical (unpaired) electrons. The third-order valence-electron chi connectivity index (χ3n) is 3.58. The number of benzene rings is 1. The van der Waals surface area contributed by atoms with Crippen LogP contribution in [0.4, 0.5) is 0 Å². The lowest BCUT2D eigenvalue weighted by molar-refractivity contribution is -0.128. The Morgan fingerprint density at radius 1 is 1.18 bits per heavy atom. The van der Waals surface area contributed by atoms with Crippen LogP contribution in [0.3, 0.4) is 0 Å². The maximum atomic E-state index is 12.2. The Morgan fingerprint density at radius 3 is 2.32 bits per heavy atom. The third-order valence-corrected chi connectivity index (χ3v) is 3.58. The number of amides is 1. The van der Waals surface area contributed by atoms with Crippen LogP contribution in [0.1, 0.15) is 39.7 Å². The van der Waals surface area contributed by atoms with Crippen molar-refractivity contribution in [2.75, 3.05) is 13.1 Å². The Hall–Kier alpha value is -1.68. The average Bonchev–Trinajstić information content (AvgIpc) is 2.45. The van der Waals surface area contributed by atoms with E-state index in [2.05, 4.69) is 29.3 Å². The van der Waals surface area contributed by atoms with Gasteiger partial charge in [0.25, 0.3) is 0 Å². The fourth-order valence-electron chi connectivity index (χ4n) is 2.53. The second-order valence-corrected chi connectivity index (χ2v) is 6.10. The molecule has 4 nitrogen and oxygen atoms in total. The number of nitrogens with one attached hydrogen (secondary N) is 1. The van der Waals surface area contributed by atoms with Crippen molar-refractivity contribution in [3.8, 4) is 0 Å². The van der Waals surface area contributed by atoms with E-state index in [1.807, 2.05) is 32.0 Å². The summed E-state index contributed by atoms with van der Waals surface area (Å²) < 4.78 is 0. The number of Topliss-reactive ketones (excluding diaryl/α,β-unsaturated/α-hetero) is 1. The summed E-state index contributed by atoms with van der Waals surface area (Å²) in [7, 11) is 0. The van der Waals surface area contributed by atoms with Gasteiger partial charge < -0.3 is 5.32 Å². The molecule has 122 valence electrons. The third kappa shape index (κ3) is 6.39. The van der Waals surface area contributed by atoms with Crippen LogP contribution in [-0.2, 0) is 16.1 Å². The SMILES string of the molecule is CCCN(CC(=O)NC(C(C)=O)C(C)C)Cc1ccccc1. The molecule has 0 saturated heterocycles. The van der Waals surface area contributed by atoms with Gasteiger partial charge in [0.05, 0.1) is 12.6 Å². The molecule has 22 heavy (non-hydrogen) atoms. The van der Waals surface area contributed by atoms with E-state index < -0.39 is 6.04 Å². The highest BCUT2D eigenvalue weighted by molar-refractivity contribution is 5.88. The zero-order valence-corrected chi connectivity index (χ0v) is 14.1. The molecule has 0 saturated carbocycles. The first-order valence-electron chi connectivity index (χ1n) is 8.00. The van der Waals surface area contributed by atoms with Gasteiger partial charge in [0.15, 0.2) is 5.78 Å². The molecule has 0 heterocycles. The fraction of sp³-hybridized carbons (Fsp3) is 0.556. The molecule has 1 amide bonds. The summed E-state index contributed by atoms with van der Waals surface area (Å²) >= 11 is 0. The number of hydrogen-bond acceptors (Lipinski definition) is 3. The summed E-state index contributed by atoms with van der Waals surface area (Å²) in [5.74, 6) is 0.0296. The highest BCUT2D eigenvalue weighted by Gasteiger charge is 2.21. The van der Waals surface area contributed by atoms with E-state index >= 15 is 0 Å². The van der Waals surface area contributed by atoms with Gasteiger partial charge in [0, 0.05) is 6.54 Å². The van der Waals surface area contributed by atoms with Crippen molar-refractivity contribution in [2.45, 2.75) is 46.7 Å². The van der Waals surface area contributed by atoms with Crippen LogP contribution >= 0.6 is 0 Å². The van der Waals surface area contributed by atoms with E-state index in [-0.39, 0.29) is 17.6 Å². The number of hydrogen-bond donors (Lipinski definition) is 1. The predicted molar refractivity (Wildman–Crippen MR) is 89.5 cm³/mol. The molecule has 1 N–H and O–H groups in total. The summed E-state index contributed by atoms with van der Waals surface area (Å²) in [4.78, 5) is 25.9. The largest absolute Gasteiger partial charge is 0.345 e. The van der Waals surface area contributed by atoms with E-state index in [1.165, 1.54) is 12.5 Å². The molecule has 0 fully saturated rings. The summed E-state index contributed by atoms with van der Waals surface area (Å²) in [5.41, 5.74) is 1.19. The maximum absolute atomic E-state index is 12.2. The average molecular weight is 304 g/mol. The first-order chi connectivity index (χ1) is 10.4. The lowest BCUT2D eigenvalue weighted by atomic mass is 10.0. The van der Waals surface area contributed by atoms with Gasteiger partial charge in [-0.1, -0.05) is 51.1 Å². The molecule has 1 unspecified atom stereocenters. The summed E-state index contributed by atoms with van der Waals surface area (Å²) in [6, 6.07) is 9.72. The van der Waals surface area contributed by atoms with E-state index in [4.69, 9.17) is 0 Å². The van der Waals surface area contributed by atoms with Crippen molar-refractivity contribution < 1.29 is 9.59 Å². The Labute approximate surface area is 133 Å². The Balaban J connectivity index is 2.62. The molecule has 1 aromatic rings. The first-order valence-corrected chi connectivity index (χ1v) is 8.00. The Kier molecular flexibility index (Phi) is 7.82. The second-order valence-electron chi connectivity index (χ2n) is 6.10. The topological polar surface area (TPSA) is 49.4 Å². The molecule has 0 aliphatic rings. The van der Waals surface area contributed by atoms with Gasteiger partial charge in [-0.2, -0.15) is 0 Å². The molecular formula is C18H28N2O2. The highest BCUT2D eigenvalue weighted by Crippen LogP contribution is 2.06. The predicted octanol–water partition coefficient (Wildman–Crippen LogP) is 2.63. The van der Waals surface area contributed by atoms with E-state index in [9.17, 15) is 9.59 Å². The molecule has 0 aromatic heterocycles. The molecule has 4 heteroatoms. The standard InChI is InChI=1S/C18H28N2O2/c1-5-11-20(12-16-9-7-6-8-10-16)13-17(22)19-18(14(2)3)15(4)21/h6-10,14,18H,5,11-13H2,1-4H3,(H,19,22). The van der Waals surface area contributed by atoms with Gasteiger partial charge in [0.2, 0.25) is 5.91 Å². The molecule has 0 aliphatic carbocycles. The lowest BCUT2D eigenvalue weighted by Gasteiger charge is -2.24. The van der Waals surface area contributed by atoms with Gasteiger partial charge in [-0.15, -0.1) is 0 Å². The van der Waals surface area contributed by atoms with Gasteiger partial charge >= 0.3 is 0 Å². The van der Waals surface area contributed by atoms with Crippen LogP contribution in [-0.4, -0.2) is 35.7 Å². The molecule has 1 aromatic carbocycles. The van der Waals surface area contributed by atoms with Gasteiger partial charge in [0.1, 0.15) is 0 Å². The van der Waals surface area contributed by atoms with Crippen LogP contribution < -0.4 is 5.32 Å². The molecular weight excluding hydrogens is 276 g/mol. The van der Waals surface area contributed by atoms with Crippen molar-refractivity contribution in [1.29, 1.82) is 0 Å². The van der Waals surface area contributed by atoms with Crippen molar-refractivity contribution >= 4 is 11.7 Å². The monoisotopic (exact) mass is 304 g/mol. The zero-order valence-electron chi connectivity index (χ0n) is 14.1. The second kappa shape index (κ2) is 9.36. The van der Waals surface area contributed by atoms with Crippen molar-refractivity contribution in [3.63, 3.8) is 0 Å². The number of rotatable bonds is 9. The molecule has 0 spiro atoms. The van der Waals surface area contributed by atoms with Crippen LogP contribution in [0, 0.1) is 5.92 Å². The Morgan fingerprint density at radius 2 is 1.82 bits per heavy atom. The first kappa shape index (κ1) is 18.4. The van der Waals surface area contributed by atoms with Gasteiger partial charge in [-0.25, -0.2) is 0 Å². The van der Waals surface area contributed by atoms with Crippen molar-refractivity contribution in [2.24, 2.45) is 5.92 Å². The minimum Gasteiger partial charge on any atom is -0.345 e. The number of carbonyl (C=O) groups excluding carboxylic acids is 2. The molecule has 1 atom stereocenters. The van der Waals surface area contributed by atoms with E-state index in [1.54, 1.807) is 0 Å². The summed E-state index contributed by atoms with van der Waals surface area (Å²) in [6.45, 7) is 9.43. The minimum atomic E-state index is -0.396. The van der Waals surface area contributed by atoms with Gasteiger partial charge in [-0.05, 0) is 31.4 Å². The van der Waals surface area contributed by atoms with Crippen molar-refractivity contribution in [3.05, 3.63) is 35.9 Å². The minimum absolute atomic E-state index is 0.00782.